The molecule has 1 saturated heterocycles. The van der Waals surface area contributed by atoms with Crippen molar-refractivity contribution in [3.8, 4) is 0 Å². The standard InChI is InChI=1S/C15H16ClF2N3/c16-14-11(9-10-3-1-2-4-12(10)20-14)13(15(17)18)21-7-5-19-6-8-21/h1-4,9,13,15,19H,5-8H2/t13-/m0/s1. The lowest BCUT2D eigenvalue weighted by Gasteiger charge is -2.34. The van der Waals surface area contributed by atoms with Gasteiger partial charge in [-0.3, -0.25) is 4.90 Å². The molecule has 3 nitrogen and oxygen atoms in total. The topological polar surface area (TPSA) is 28.2 Å². The van der Waals surface area contributed by atoms with Crippen molar-refractivity contribution < 1.29 is 8.78 Å². The smallest absolute Gasteiger partial charge is 0.258 e. The first kappa shape index (κ1) is 14.6. The summed E-state index contributed by atoms with van der Waals surface area (Å²) in [5, 5.41) is 4.16. The Morgan fingerprint density at radius 3 is 2.62 bits per heavy atom. The largest absolute Gasteiger partial charge is 0.314 e. The normalized spacial score (nSPS) is 18.3. The van der Waals surface area contributed by atoms with E-state index >= 15 is 0 Å². The molecule has 2 aromatic rings. The van der Waals surface area contributed by atoms with Gasteiger partial charge in [0.2, 0.25) is 0 Å². The molecule has 1 N–H and O–H groups in total. The fourth-order valence-corrected chi connectivity index (χ4v) is 3.03. The number of halogens is 3. The molecular formula is C15H16ClF2N3. The fourth-order valence-electron chi connectivity index (χ4n) is 2.77. The number of para-hydroxylation sites is 1. The minimum atomic E-state index is -2.50. The van der Waals surface area contributed by atoms with Gasteiger partial charge in [0.15, 0.2) is 0 Å². The number of benzene rings is 1. The monoisotopic (exact) mass is 311 g/mol. The predicted octanol–water partition coefficient (Wildman–Crippen LogP) is 3.10. The summed E-state index contributed by atoms with van der Waals surface area (Å²) >= 11 is 6.17. The van der Waals surface area contributed by atoms with Gasteiger partial charge >= 0.3 is 0 Å². The van der Waals surface area contributed by atoms with Gasteiger partial charge in [-0.15, -0.1) is 0 Å². The molecule has 0 amide bonds. The van der Waals surface area contributed by atoms with Gasteiger partial charge in [0.25, 0.3) is 6.43 Å². The van der Waals surface area contributed by atoms with Gasteiger partial charge in [-0.2, -0.15) is 0 Å². The minimum absolute atomic E-state index is 0.164. The number of hydrogen-bond acceptors (Lipinski definition) is 3. The van der Waals surface area contributed by atoms with E-state index in [-0.39, 0.29) is 5.15 Å². The highest BCUT2D eigenvalue weighted by Crippen LogP contribution is 2.33. The Hall–Kier alpha value is -1.30. The van der Waals surface area contributed by atoms with Gasteiger partial charge in [0.1, 0.15) is 5.15 Å². The Morgan fingerprint density at radius 2 is 1.90 bits per heavy atom. The molecule has 1 fully saturated rings. The number of nitrogens with zero attached hydrogens (tertiary/aromatic N) is 2. The van der Waals surface area contributed by atoms with Crippen LogP contribution in [-0.2, 0) is 0 Å². The van der Waals surface area contributed by atoms with Gasteiger partial charge < -0.3 is 5.32 Å². The van der Waals surface area contributed by atoms with Crippen LogP contribution in [-0.4, -0.2) is 42.5 Å². The van der Waals surface area contributed by atoms with E-state index in [2.05, 4.69) is 10.3 Å². The molecule has 0 aliphatic carbocycles. The van der Waals surface area contributed by atoms with Crippen LogP contribution < -0.4 is 5.32 Å². The molecule has 0 bridgehead atoms. The van der Waals surface area contributed by atoms with E-state index in [0.29, 0.717) is 31.7 Å². The van der Waals surface area contributed by atoms with Gasteiger partial charge in [0.05, 0.1) is 11.6 Å². The summed E-state index contributed by atoms with van der Waals surface area (Å²) in [7, 11) is 0. The van der Waals surface area contributed by atoms with Crippen molar-refractivity contribution in [1.82, 2.24) is 15.2 Å². The van der Waals surface area contributed by atoms with Crippen LogP contribution in [0.5, 0.6) is 0 Å². The number of hydrogen-bond donors (Lipinski definition) is 1. The van der Waals surface area contributed by atoms with Gasteiger partial charge in [0, 0.05) is 37.1 Å². The fraction of sp³-hybridized carbons (Fsp3) is 0.400. The summed E-state index contributed by atoms with van der Waals surface area (Å²) in [6, 6.07) is 8.15. The molecule has 6 heteroatoms. The van der Waals surface area contributed by atoms with Gasteiger partial charge in [-0.05, 0) is 12.1 Å². The van der Waals surface area contributed by atoms with Crippen LogP contribution in [0.25, 0.3) is 10.9 Å². The quantitative estimate of drug-likeness (QED) is 0.883. The third-order valence-electron chi connectivity index (χ3n) is 3.81. The lowest BCUT2D eigenvalue weighted by molar-refractivity contribution is 0.0181. The van der Waals surface area contributed by atoms with Crippen LogP contribution in [0.3, 0.4) is 0 Å². The molecule has 0 unspecified atom stereocenters. The number of alkyl halides is 2. The van der Waals surface area contributed by atoms with Crippen molar-refractivity contribution in [3.05, 3.63) is 41.0 Å². The lowest BCUT2D eigenvalue weighted by Crippen LogP contribution is -2.47. The second kappa shape index (κ2) is 6.22. The molecule has 0 radical (unpaired) electrons. The van der Waals surface area contributed by atoms with Crippen molar-refractivity contribution in [3.63, 3.8) is 0 Å². The van der Waals surface area contributed by atoms with Crippen molar-refractivity contribution in [2.24, 2.45) is 0 Å². The van der Waals surface area contributed by atoms with Crippen molar-refractivity contribution in [2.75, 3.05) is 26.2 Å². The summed E-state index contributed by atoms with van der Waals surface area (Å²) in [6.07, 6.45) is -2.50. The summed E-state index contributed by atoms with van der Waals surface area (Å²) in [5.41, 5.74) is 1.13. The van der Waals surface area contributed by atoms with Crippen LogP contribution in [0.2, 0.25) is 5.15 Å². The second-order valence-corrected chi connectivity index (χ2v) is 5.48. The van der Waals surface area contributed by atoms with Crippen LogP contribution in [0, 0.1) is 0 Å². The minimum Gasteiger partial charge on any atom is -0.314 e. The van der Waals surface area contributed by atoms with Crippen molar-refractivity contribution in [2.45, 2.75) is 12.5 Å². The highest BCUT2D eigenvalue weighted by molar-refractivity contribution is 6.30. The molecule has 1 aromatic heterocycles. The molecule has 1 aromatic carbocycles. The summed E-state index contributed by atoms with van der Waals surface area (Å²) in [4.78, 5) is 6.04. The van der Waals surface area contributed by atoms with Crippen LogP contribution >= 0.6 is 11.6 Å². The molecule has 21 heavy (non-hydrogen) atoms. The number of fused-ring (bicyclic) bond motifs is 1. The molecule has 1 aliphatic heterocycles. The Labute approximate surface area is 126 Å². The Bertz CT molecular complexity index is 629. The lowest BCUT2D eigenvalue weighted by atomic mass is 10.0. The maximum atomic E-state index is 13.6. The van der Waals surface area contributed by atoms with E-state index < -0.39 is 12.5 Å². The zero-order chi connectivity index (χ0) is 14.8. The average Bonchev–Trinajstić information content (AvgIpc) is 2.49. The van der Waals surface area contributed by atoms with E-state index in [1.54, 1.807) is 11.0 Å². The van der Waals surface area contributed by atoms with E-state index in [4.69, 9.17) is 11.6 Å². The zero-order valence-electron chi connectivity index (χ0n) is 11.4. The first-order valence-electron chi connectivity index (χ1n) is 6.95. The molecular weight excluding hydrogens is 296 g/mol. The predicted molar refractivity (Wildman–Crippen MR) is 79.9 cm³/mol. The molecule has 1 aliphatic rings. The summed E-state index contributed by atoms with van der Waals surface area (Å²) in [5.74, 6) is 0. The number of nitrogens with one attached hydrogen (secondary N) is 1. The summed E-state index contributed by atoms with van der Waals surface area (Å²) < 4.78 is 27.2. The molecule has 2 heterocycles. The Balaban J connectivity index is 2.03. The first-order chi connectivity index (χ1) is 10.2. The molecule has 0 saturated carbocycles. The third kappa shape index (κ3) is 3.00. The van der Waals surface area contributed by atoms with E-state index in [1.165, 1.54) is 0 Å². The van der Waals surface area contributed by atoms with Gasteiger partial charge in [-0.25, -0.2) is 13.8 Å². The second-order valence-electron chi connectivity index (χ2n) is 5.13. The average molecular weight is 312 g/mol. The maximum Gasteiger partial charge on any atom is 0.258 e. The van der Waals surface area contributed by atoms with Crippen molar-refractivity contribution >= 4 is 22.5 Å². The Kier molecular flexibility index (Phi) is 4.33. The zero-order valence-corrected chi connectivity index (χ0v) is 12.2. The molecule has 1 atom stereocenters. The number of piperazine rings is 1. The third-order valence-corrected chi connectivity index (χ3v) is 4.11. The first-order valence-corrected chi connectivity index (χ1v) is 7.33. The van der Waals surface area contributed by atoms with Crippen molar-refractivity contribution in [1.29, 1.82) is 0 Å². The number of rotatable bonds is 3. The van der Waals surface area contributed by atoms with Gasteiger partial charge in [-0.1, -0.05) is 29.8 Å². The number of aromatic nitrogens is 1. The molecule has 112 valence electrons. The number of pyridine rings is 1. The SMILES string of the molecule is FC(F)[C@H](c1cc2ccccc2nc1Cl)N1CCNCC1. The summed E-state index contributed by atoms with van der Waals surface area (Å²) in [6.45, 7) is 2.58. The molecule has 3 rings (SSSR count). The van der Waals surface area contributed by atoms with E-state index in [1.807, 2.05) is 24.3 Å². The van der Waals surface area contributed by atoms with Crippen LogP contribution in [0.15, 0.2) is 30.3 Å². The van der Waals surface area contributed by atoms with Crippen LogP contribution in [0.4, 0.5) is 8.78 Å². The van der Waals surface area contributed by atoms with E-state index in [0.717, 1.165) is 10.9 Å². The maximum absolute atomic E-state index is 13.6. The highest BCUT2D eigenvalue weighted by Gasteiger charge is 2.32. The highest BCUT2D eigenvalue weighted by atomic mass is 35.5. The molecule has 0 spiro atoms. The van der Waals surface area contributed by atoms with E-state index in [9.17, 15) is 8.78 Å². The van der Waals surface area contributed by atoms with Crippen LogP contribution in [0.1, 0.15) is 11.6 Å². The Morgan fingerprint density at radius 1 is 1.19 bits per heavy atom.